The van der Waals surface area contributed by atoms with Crippen LogP contribution in [0.2, 0.25) is 0 Å². The molecule has 1 amide bonds. The van der Waals surface area contributed by atoms with Crippen LogP contribution in [0, 0.1) is 0 Å². The molecule has 27 heavy (non-hydrogen) atoms. The summed E-state index contributed by atoms with van der Waals surface area (Å²) in [6.07, 6.45) is 11.1. The summed E-state index contributed by atoms with van der Waals surface area (Å²) in [6.45, 7) is 5.35. The van der Waals surface area contributed by atoms with Gasteiger partial charge >= 0.3 is 0 Å². The van der Waals surface area contributed by atoms with Crippen LogP contribution in [-0.4, -0.2) is 71.7 Å². The Bertz CT molecular complexity index is 666. The van der Waals surface area contributed by atoms with E-state index in [9.17, 15) is 4.79 Å². The number of aliphatic imine (C=N–C) groups is 1. The zero-order valence-corrected chi connectivity index (χ0v) is 16.1. The molecular formula is C21H31N5O. The van der Waals surface area contributed by atoms with Gasteiger partial charge in [-0.3, -0.25) is 14.8 Å². The number of hydrogen-bond acceptors (Lipinski definition) is 5. The first-order valence-electron chi connectivity index (χ1n) is 10.5. The van der Waals surface area contributed by atoms with Crippen LogP contribution in [0.25, 0.3) is 0 Å². The van der Waals surface area contributed by atoms with Crippen LogP contribution in [0.4, 0.5) is 0 Å². The first kappa shape index (κ1) is 18.6. The molecule has 6 heteroatoms. The number of carbonyl (C=O) groups is 1. The highest BCUT2D eigenvalue weighted by atomic mass is 16.2. The largest absolute Gasteiger partial charge is 0.337 e. The highest BCUT2D eigenvalue weighted by Gasteiger charge is 2.30. The van der Waals surface area contributed by atoms with Gasteiger partial charge in [0.2, 0.25) is 5.91 Å². The topological polar surface area (TPSA) is 60.8 Å². The number of nitrogens with one attached hydrogen (secondary N) is 1. The first-order chi connectivity index (χ1) is 13.3. The molecule has 0 unspecified atom stereocenters. The minimum absolute atomic E-state index is 0.225. The molecule has 2 aliphatic heterocycles. The SMILES string of the molecule is O=C(CNCc1cc(C=NC2CC2)ccn1)N1CCC[C@@H]1CN1CCCC1. The monoisotopic (exact) mass is 369 g/mol. The van der Waals surface area contributed by atoms with Gasteiger partial charge in [-0.2, -0.15) is 0 Å². The van der Waals surface area contributed by atoms with Crippen molar-refractivity contribution < 1.29 is 4.79 Å². The lowest BCUT2D eigenvalue weighted by atomic mass is 10.2. The van der Waals surface area contributed by atoms with E-state index >= 15 is 0 Å². The highest BCUT2D eigenvalue weighted by molar-refractivity contribution is 5.80. The fourth-order valence-electron chi connectivity index (χ4n) is 4.11. The van der Waals surface area contributed by atoms with Crippen molar-refractivity contribution in [2.45, 2.75) is 57.2 Å². The van der Waals surface area contributed by atoms with Crippen LogP contribution in [0.15, 0.2) is 23.3 Å². The molecule has 0 radical (unpaired) electrons. The quantitative estimate of drug-likeness (QED) is 0.711. The normalized spacial score (nSPS) is 23.6. The van der Waals surface area contributed by atoms with Gasteiger partial charge in [-0.25, -0.2) is 0 Å². The molecule has 4 rings (SSSR count). The second kappa shape index (κ2) is 8.93. The molecule has 0 spiro atoms. The Kier molecular flexibility index (Phi) is 6.14. The van der Waals surface area contributed by atoms with Crippen LogP contribution in [-0.2, 0) is 11.3 Å². The Morgan fingerprint density at radius 2 is 2.07 bits per heavy atom. The predicted molar refractivity (Wildman–Crippen MR) is 107 cm³/mol. The van der Waals surface area contributed by atoms with Crippen molar-refractivity contribution >= 4 is 12.1 Å². The molecule has 2 saturated heterocycles. The molecule has 1 saturated carbocycles. The average molecular weight is 370 g/mol. The number of aromatic nitrogens is 1. The zero-order valence-electron chi connectivity index (χ0n) is 16.1. The maximum absolute atomic E-state index is 12.7. The molecule has 1 aliphatic carbocycles. The molecule has 1 aromatic heterocycles. The van der Waals surface area contributed by atoms with Gasteiger partial charge in [0.15, 0.2) is 0 Å². The smallest absolute Gasteiger partial charge is 0.236 e. The van der Waals surface area contributed by atoms with E-state index in [1.807, 2.05) is 18.5 Å². The maximum atomic E-state index is 12.7. The van der Waals surface area contributed by atoms with E-state index in [0.29, 0.717) is 25.2 Å². The van der Waals surface area contributed by atoms with Crippen LogP contribution >= 0.6 is 0 Å². The lowest BCUT2D eigenvalue weighted by Gasteiger charge is -2.28. The minimum Gasteiger partial charge on any atom is -0.337 e. The van der Waals surface area contributed by atoms with Crippen LogP contribution in [0.1, 0.15) is 49.8 Å². The molecule has 146 valence electrons. The summed E-state index contributed by atoms with van der Waals surface area (Å²) < 4.78 is 0. The predicted octanol–water partition coefficient (Wildman–Crippen LogP) is 1.84. The van der Waals surface area contributed by atoms with Gasteiger partial charge in [-0.05, 0) is 69.3 Å². The molecule has 3 heterocycles. The van der Waals surface area contributed by atoms with Gasteiger partial charge in [0, 0.05) is 38.1 Å². The van der Waals surface area contributed by atoms with Gasteiger partial charge in [0.1, 0.15) is 0 Å². The third kappa shape index (κ3) is 5.36. The van der Waals surface area contributed by atoms with Crippen molar-refractivity contribution in [3.05, 3.63) is 29.6 Å². The van der Waals surface area contributed by atoms with E-state index < -0.39 is 0 Å². The number of nitrogens with zero attached hydrogens (tertiary/aromatic N) is 4. The zero-order chi connectivity index (χ0) is 18.5. The molecule has 3 fully saturated rings. The second-order valence-corrected chi connectivity index (χ2v) is 8.08. The van der Waals surface area contributed by atoms with Crippen LogP contribution in [0.5, 0.6) is 0 Å². The first-order valence-corrected chi connectivity index (χ1v) is 10.5. The summed E-state index contributed by atoms with van der Waals surface area (Å²) >= 11 is 0. The van der Waals surface area contributed by atoms with Crippen molar-refractivity contribution in [3.8, 4) is 0 Å². The number of pyridine rings is 1. The van der Waals surface area contributed by atoms with Gasteiger partial charge < -0.3 is 15.1 Å². The number of amides is 1. The van der Waals surface area contributed by atoms with Gasteiger partial charge in [0.05, 0.1) is 18.3 Å². The Labute approximate surface area is 162 Å². The summed E-state index contributed by atoms with van der Waals surface area (Å²) in [6, 6.07) is 4.96. The Morgan fingerprint density at radius 3 is 2.89 bits per heavy atom. The fourth-order valence-corrected chi connectivity index (χ4v) is 4.11. The van der Waals surface area contributed by atoms with Gasteiger partial charge in [-0.1, -0.05) is 0 Å². The molecule has 0 aromatic carbocycles. The third-order valence-electron chi connectivity index (χ3n) is 5.77. The maximum Gasteiger partial charge on any atom is 0.236 e. The average Bonchev–Trinajstić information content (AvgIpc) is 3.15. The fraction of sp³-hybridized carbons (Fsp3) is 0.667. The Balaban J connectivity index is 1.23. The van der Waals surface area contributed by atoms with Crippen LogP contribution < -0.4 is 5.32 Å². The van der Waals surface area contributed by atoms with E-state index in [4.69, 9.17) is 0 Å². The molecule has 1 N–H and O–H groups in total. The molecule has 3 aliphatic rings. The van der Waals surface area contributed by atoms with E-state index in [0.717, 1.165) is 37.2 Å². The van der Waals surface area contributed by atoms with Crippen LogP contribution in [0.3, 0.4) is 0 Å². The molecule has 6 nitrogen and oxygen atoms in total. The van der Waals surface area contributed by atoms with Crippen molar-refractivity contribution in [2.24, 2.45) is 4.99 Å². The summed E-state index contributed by atoms with van der Waals surface area (Å²) in [7, 11) is 0. The van der Waals surface area contributed by atoms with Crippen molar-refractivity contribution in [3.63, 3.8) is 0 Å². The number of hydrogen-bond donors (Lipinski definition) is 1. The summed E-state index contributed by atoms with van der Waals surface area (Å²) in [5, 5.41) is 3.29. The lowest BCUT2D eigenvalue weighted by molar-refractivity contribution is -0.131. The van der Waals surface area contributed by atoms with Crippen molar-refractivity contribution in [2.75, 3.05) is 32.7 Å². The molecular weight excluding hydrogens is 338 g/mol. The molecule has 1 atom stereocenters. The van der Waals surface area contributed by atoms with Gasteiger partial charge in [0.25, 0.3) is 0 Å². The Morgan fingerprint density at radius 1 is 1.22 bits per heavy atom. The van der Waals surface area contributed by atoms with E-state index in [1.165, 1.54) is 38.8 Å². The number of rotatable bonds is 8. The third-order valence-corrected chi connectivity index (χ3v) is 5.77. The van der Waals surface area contributed by atoms with Crippen molar-refractivity contribution in [1.29, 1.82) is 0 Å². The summed E-state index contributed by atoms with van der Waals surface area (Å²) in [4.78, 5) is 26.2. The minimum atomic E-state index is 0.225. The molecule has 0 bridgehead atoms. The van der Waals surface area contributed by atoms with E-state index in [-0.39, 0.29) is 5.91 Å². The second-order valence-electron chi connectivity index (χ2n) is 8.08. The standard InChI is InChI=1S/C21H31N5O/c27-21(26-11-3-4-20(26)16-25-9-1-2-10-25)15-22-14-19-12-17(7-8-23-19)13-24-18-5-6-18/h7-8,12-13,18,20,22H,1-6,9-11,14-16H2/t20-/m1/s1. The van der Waals surface area contributed by atoms with E-state index in [2.05, 4.69) is 31.2 Å². The van der Waals surface area contributed by atoms with E-state index in [1.54, 1.807) is 0 Å². The number of carbonyl (C=O) groups excluding carboxylic acids is 1. The molecule has 1 aromatic rings. The summed E-state index contributed by atoms with van der Waals surface area (Å²) in [5.41, 5.74) is 2.04. The highest BCUT2D eigenvalue weighted by Crippen LogP contribution is 2.23. The van der Waals surface area contributed by atoms with Crippen molar-refractivity contribution in [1.82, 2.24) is 20.1 Å². The Hall–Kier alpha value is -1.79. The number of likely N-dealkylation sites (tertiary alicyclic amines) is 2. The summed E-state index contributed by atoms with van der Waals surface area (Å²) in [5.74, 6) is 0.225. The van der Waals surface area contributed by atoms with Gasteiger partial charge in [-0.15, -0.1) is 0 Å². The lowest BCUT2D eigenvalue weighted by Crippen LogP contribution is -2.45.